The number of methoxy groups -OCH3 is 1. The highest BCUT2D eigenvalue weighted by Crippen LogP contribution is 2.34. The molecular formula is C26H35FN2O2. The number of carbonyl (C=O) groups excluding carboxylic acids is 1. The van der Waals surface area contributed by atoms with Gasteiger partial charge in [-0.25, -0.2) is 4.39 Å². The summed E-state index contributed by atoms with van der Waals surface area (Å²) in [5.41, 5.74) is 3.55. The van der Waals surface area contributed by atoms with Crippen LogP contribution in [0.4, 0.5) is 4.39 Å². The summed E-state index contributed by atoms with van der Waals surface area (Å²) in [5, 5.41) is 0. The molecule has 2 atom stereocenters. The molecule has 1 amide bonds. The third-order valence-corrected chi connectivity index (χ3v) is 6.11. The maximum Gasteiger partial charge on any atom is 0.225 e. The van der Waals surface area contributed by atoms with Crippen LogP contribution < -0.4 is 0 Å². The van der Waals surface area contributed by atoms with Crippen LogP contribution in [0, 0.1) is 24.6 Å². The summed E-state index contributed by atoms with van der Waals surface area (Å²) in [6, 6.07) is 15.5. The monoisotopic (exact) mass is 426 g/mol. The summed E-state index contributed by atoms with van der Waals surface area (Å²) in [5.74, 6) is 0.306. The van der Waals surface area contributed by atoms with E-state index in [0.717, 1.165) is 25.2 Å². The Bertz CT molecular complexity index is 870. The van der Waals surface area contributed by atoms with Crippen LogP contribution >= 0.6 is 0 Å². The Kier molecular flexibility index (Phi) is 8.22. The first-order chi connectivity index (χ1) is 14.9. The fourth-order valence-corrected chi connectivity index (χ4v) is 4.60. The number of amides is 1. The van der Waals surface area contributed by atoms with Gasteiger partial charge in [0.05, 0.1) is 6.61 Å². The van der Waals surface area contributed by atoms with Crippen molar-refractivity contribution < 1.29 is 13.9 Å². The topological polar surface area (TPSA) is 32.8 Å². The maximum absolute atomic E-state index is 14.0. The van der Waals surface area contributed by atoms with E-state index >= 15 is 0 Å². The average molecular weight is 427 g/mol. The van der Waals surface area contributed by atoms with Crippen molar-refractivity contribution in [1.82, 2.24) is 9.80 Å². The molecule has 1 aliphatic rings. The van der Waals surface area contributed by atoms with E-state index in [1.807, 2.05) is 24.8 Å². The van der Waals surface area contributed by atoms with Gasteiger partial charge in [-0.3, -0.25) is 9.69 Å². The normalized spacial score (nSPS) is 19.2. The molecule has 1 fully saturated rings. The van der Waals surface area contributed by atoms with Crippen LogP contribution in [-0.4, -0.2) is 55.6 Å². The third-order valence-electron chi connectivity index (χ3n) is 6.11. The zero-order valence-electron chi connectivity index (χ0n) is 19.2. The number of halogens is 1. The minimum absolute atomic E-state index is 0.0609. The molecule has 0 aliphatic carbocycles. The first-order valence-electron chi connectivity index (χ1n) is 11.2. The molecule has 31 heavy (non-hydrogen) atoms. The largest absolute Gasteiger partial charge is 0.383 e. The first kappa shape index (κ1) is 23.4. The fourth-order valence-electron chi connectivity index (χ4n) is 4.60. The summed E-state index contributed by atoms with van der Waals surface area (Å²) < 4.78 is 19.3. The van der Waals surface area contributed by atoms with Gasteiger partial charge >= 0.3 is 0 Å². The Morgan fingerprint density at radius 3 is 2.65 bits per heavy atom. The third kappa shape index (κ3) is 6.37. The minimum Gasteiger partial charge on any atom is -0.383 e. The average Bonchev–Trinajstić information content (AvgIpc) is 3.12. The van der Waals surface area contributed by atoms with Gasteiger partial charge in [0.2, 0.25) is 5.91 Å². The van der Waals surface area contributed by atoms with Gasteiger partial charge in [0.15, 0.2) is 0 Å². The van der Waals surface area contributed by atoms with Gasteiger partial charge in [-0.1, -0.05) is 55.8 Å². The lowest BCUT2D eigenvalue weighted by Crippen LogP contribution is -2.41. The van der Waals surface area contributed by atoms with Gasteiger partial charge in [0, 0.05) is 51.7 Å². The molecule has 1 saturated heterocycles. The second-order valence-corrected chi connectivity index (χ2v) is 9.04. The van der Waals surface area contributed by atoms with Gasteiger partial charge in [0.1, 0.15) is 5.82 Å². The number of rotatable bonds is 9. The lowest BCUT2D eigenvalue weighted by molar-refractivity contribution is -0.135. The van der Waals surface area contributed by atoms with E-state index in [4.69, 9.17) is 4.74 Å². The van der Waals surface area contributed by atoms with Gasteiger partial charge in [-0.2, -0.15) is 0 Å². The van der Waals surface area contributed by atoms with Crippen molar-refractivity contribution in [3.05, 3.63) is 71.0 Å². The first-order valence-corrected chi connectivity index (χ1v) is 11.2. The molecule has 0 bridgehead atoms. The van der Waals surface area contributed by atoms with E-state index in [1.165, 1.54) is 17.2 Å². The predicted octanol–water partition coefficient (Wildman–Crippen LogP) is 4.48. The molecule has 0 unspecified atom stereocenters. The molecule has 0 saturated carbocycles. The van der Waals surface area contributed by atoms with E-state index < -0.39 is 0 Å². The highest BCUT2D eigenvalue weighted by molar-refractivity contribution is 5.78. The van der Waals surface area contributed by atoms with Crippen LogP contribution in [0.3, 0.4) is 0 Å². The Labute approximate surface area is 186 Å². The van der Waals surface area contributed by atoms with Crippen LogP contribution in [0.2, 0.25) is 0 Å². The number of carbonyl (C=O) groups is 1. The van der Waals surface area contributed by atoms with Gasteiger partial charge in [-0.15, -0.1) is 0 Å². The van der Waals surface area contributed by atoms with Crippen LogP contribution in [-0.2, 0) is 16.1 Å². The molecule has 2 aromatic rings. The molecule has 5 heteroatoms. The summed E-state index contributed by atoms with van der Waals surface area (Å²) in [4.78, 5) is 17.2. The summed E-state index contributed by atoms with van der Waals surface area (Å²) in [6.07, 6.45) is 0. The Morgan fingerprint density at radius 2 is 1.97 bits per heavy atom. The van der Waals surface area contributed by atoms with Crippen LogP contribution in [0.5, 0.6) is 0 Å². The lowest BCUT2D eigenvalue weighted by atomic mass is 9.88. The molecule has 0 aromatic heterocycles. The lowest BCUT2D eigenvalue weighted by Gasteiger charge is -2.29. The van der Waals surface area contributed by atoms with Crippen LogP contribution in [0.15, 0.2) is 48.5 Å². The van der Waals surface area contributed by atoms with E-state index in [-0.39, 0.29) is 29.5 Å². The maximum atomic E-state index is 14.0. The van der Waals surface area contributed by atoms with Gasteiger partial charge < -0.3 is 9.64 Å². The number of ether oxygens (including phenoxy) is 1. The molecule has 168 valence electrons. The number of aryl methyl sites for hydroxylation is 1. The molecule has 0 radical (unpaired) electrons. The van der Waals surface area contributed by atoms with E-state index in [9.17, 15) is 9.18 Å². The van der Waals surface area contributed by atoms with E-state index in [2.05, 4.69) is 36.1 Å². The zero-order chi connectivity index (χ0) is 22.4. The summed E-state index contributed by atoms with van der Waals surface area (Å²) >= 11 is 0. The number of nitrogens with zero attached hydrogens (tertiary/aromatic N) is 2. The Balaban J connectivity index is 1.81. The molecule has 1 aliphatic heterocycles. The Hall–Kier alpha value is -2.24. The quantitative estimate of drug-likeness (QED) is 0.593. The molecule has 0 N–H and O–H groups in total. The molecule has 1 heterocycles. The second-order valence-electron chi connectivity index (χ2n) is 9.04. The zero-order valence-corrected chi connectivity index (χ0v) is 19.2. The standard InChI is InChI=1S/C26H35FN2O2/c1-19(2)26(30)29(11-12-31-4)17-23-16-28(15-21-8-5-7-20(3)13-21)18-25(23)22-9-6-10-24(27)14-22/h5-10,13-14,19,23,25H,11-12,15-18H2,1-4H3/t23-,25+/m0/s1. The van der Waals surface area contributed by atoms with E-state index in [1.54, 1.807) is 19.2 Å². The van der Waals surface area contributed by atoms with Gasteiger partial charge in [0.25, 0.3) is 0 Å². The predicted molar refractivity (Wildman–Crippen MR) is 122 cm³/mol. The van der Waals surface area contributed by atoms with Crippen molar-refractivity contribution in [3.8, 4) is 0 Å². The minimum atomic E-state index is -0.206. The van der Waals surface area contributed by atoms with Crippen molar-refractivity contribution in [2.75, 3.05) is 39.9 Å². The SMILES string of the molecule is COCCN(C[C@@H]1CN(Cc2cccc(C)c2)C[C@@H]1c1cccc(F)c1)C(=O)C(C)C. The smallest absolute Gasteiger partial charge is 0.225 e. The number of benzene rings is 2. The Morgan fingerprint density at radius 1 is 1.19 bits per heavy atom. The number of hydrogen-bond donors (Lipinski definition) is 0. The molecular weight excluding hydrogens is 391 g/mol. The van der Waals surface area contributed by atoms with Crippen LogP contribution in [0.1, 0.15) is 36.5 Å². The van der Waals surface area contributed by atoms with Crippen LogP contribution in [0.25, 0.3) is 0 Å². The number of likely N-dealkylation sites (tertiary alicyclic amines) is 1. The highest BCUT2D eigenvalue weighted by Gasteiger charge is 2.36. The molecule has 2 aromatic carbocycles. The summed E-state index contributed by atoms with van der Waals surface area (Å²) in [7, 11) is 1.66. The molecule has 0 spiro atoms. The van der Waals surface area contributed by atoms with E-state index in [0.29, 0.717) is 19.7 Å². The van der Waals surface area contributed by atoms with Crippen molar-refractivity contribution in [1.29, 1.82) is 0 Å². The second kappa shape index (κ2) is 10.9. The van der Waals surface area contributed by atoms with Crippen molar-refractivity contribution in [2.24, 2.45) is 11.8 Å². The van der Waals surface area contributed by atoms with Crippen molar-refractivity contribution >= 4 is 5.91 Å². The number of hydrogen-bond acceptors (Lipinski definition) is 3. The van der Waals surface area contributed by atoms with Gasteiger partial charge in [-0.05, 0) is 36.1 Å². The van der Waals surface area contributed by atoms with Crippen molar-refractivity contribution in [2.45, 2.75) is 33.2 Å². The molecule has 4 nitrogen and oxygen atoms in total. The highest BCUT2D eigenvalue weighted by atomic mass is 19.1. The fraction of sp³-hybridized carbons (Fsp3) is 0.500. The molecule has 3 rings (SSSR count). The summed E-state index contributed by atoms with van der Waals surface area (Å²) in [6.45, 7) is 10.3. The van der Waals surface area contributed by atoms with Crippen molar-refractivity contribution in [3.63, 3.8) is 0 Å².